The molecule has 0 unspecified atom stereocenters. The minimum absolute atomic E-state index is 0.158. The van der Waals surface area contributed by atoms with Crippen molar-refractivity contribution in [2.75, 3.05) is 0 Å². The molecule has 0 atom stereocenters. The second-order valence-corrected chi connectivity index (χ2v) is 3.74. The summed E-state index contributed by atoms with van der Waals surface area (Å²) >= 11 is 0. The average Bonchev–Trinajstić information content (AvgIpc) is 2.41. The Morgan fingerprint density at radius 3 is 2.74 bits per heavy atom. The Bertz CT molecular complexity index is 609. The fraction of sp³-hybridized carbons (Fsp3) is 0. The van der Waals surface area contributed by atoms with Gasteiger partial charge in [-0.3, -0.25) is 4.79 Å². The van der Waals surface area contributed by atoms with E-state index in [1.54, 1.807) is 12.1 Å². The average molecular weight is 257 g/mol. The van der Waals surface area contributed by atoms with Gasteiger partial charge in [0.15, 0.2) is 12.4 Å². The molecule has 19 heavy (non-hydrogen) atoms. The Morgan fingerprint density at radius 1 is 1.32 bits per heavy atom. The van der Waals surface area contributed by atoms with Gasteiger partial charge in [-0.15, -0.1) is 0 Å². The van der Waals surface area contributed by atoms with E-state index in [2.05, 4.69) is 10.5 Å². The minimum atomic E-state index is -0.472. The number of amides is 1. The van der Waals surface area contributed by atoms with Crippen LogP contribution in [0, 0.1) is 5.21 Å². The van der Waals surface area contributed by atoms with E-state index >= 15 is 0 Å². The summed E-state index contributed by atoms with van der Waals surface area (Å²) in [5.41, 5.74) is 3.25. The number of carbonyl (C=O) groups excluding carboxylic acids is 1. The SMILES string of the molecule is O=C(N/N=C\c1ccc(O)cc1)c1ccc[n+]([O-])c1. The van der Waals surface area contributed by atoms with Crippen LogP contribution in [0.1, 0.15) is 15.9 Å². The third-order valence-corrected chi connectivity index (χ3v) is 2.31. The minimum Gasteiger partial charge on any atom is -0.619 e. The van der Waals surface area contributed by atoms with Crippen molar-refractivity contribution in [3.63, 3.8) is 0 Å². The molecule has 1 heterocycles. The van der Waals surface area contributed by atoms with Gasteiger partial charge in [0.25, 0.3) is 5.91 Å². The fourth-order valence-electron chi connectivity index (χ4n) is 1.38. The summed E-state index contributed by atoms with van der Waals surface area (Å²) in [7, 11) is 0. The van der Waals surface area contributed by atoms with Crippen molar-refractivity contribution in [3.8, 4) is 5.75 Å². The number of hydrogen-bond acceptors (Lipinski definition) is 4. The lowest BCUT2D eigenvalue weighted by Gasteiger charge is -1.99. The summed E-state index contributed by atoms with van der Waals surface area (Å²) in [6, 6.07) is 9.32. The maximum absolute atomic E-state index is 11.6. The molecule has 2 aromatic rings. The molecule has 1 aromatic carbocycles. The van der Waals surface area contributed by atoms with E-state index in [0.717, 1.165) is 11.8 Å². The van der Waals surface area contributed by atoms with Crippen LogP contribution in [0.3, 0.4) is 0 Å². The van der Waals surface area contributed by atoms with Gasteiger partial charge < -0.3 is 10.3 Å². The van der Waals surface area contributed by atoms with Crippen molar-refractivity contribution in [3.05, 3.63) is 65.1 Å². The zero-order chi connectivity index (χ0) is 13.7. The zero-order valence-corrected chi connectivity index (χ0v) is 9.85. The highest BCUT2D eigenvalue weighted by molar-refractivity contribution is 5.94. The van der Waals surface area contributed by atoms with Gasteiger partial charge in [0.2, 0.25) is 0 Å². The van der Waals surface area contributed by atoms with Crippen LogP contribution in [0.4, 0.5) is 0 Å². The van der Waals surface area contributed by atoms with Crippen molar-refractivity contribution in [1.29, 1.82) is 0 Å². The topological polar surface area (TPSA) is 88.6 Å². The number of phenols is 1. The number of carbonyl (C=O) groups is 1. The van der Waals surface area contributed by atoms with Crippen molar-refractivity contribution in [2.45, 2.75) is 0 Å². The molecule has 0 spiro atoms. The van der Waals surface area contributed by atoms with Crippen LogP contribution in [-0.2, 0) is 0 Å². The summed E-state index contributed by atoms with van der Waals surface area (Å²) in [4.78, 5) is 11.6. The third kappa shape index (κ3) is 3.53. The number of rotatable bonds is 3. The molecule has 0 radical (unpaired) electrons. The highest BCUT2D eigenvalue weighted by Crippen LogP contribution is 2.07. The molecule has 6 nitrogen and oxygen atoms in total. The molecule has 0 aliphatic heterocycles. The summed E-state index contributed by atoms with van der Waals surface area (Å²) in [6.45, 7) is 0. The molecule has 96 valence electrons. The Kier molecular flexibility index (Phi) is 3.72. The molecule has 1 amide bonds. The summed E-state index contributed by atoms with van der Waals surface area (Å²) in [5, 5.41) is 23.9. The van der Waals surface area contributed by atoms with E-state index in [4.69, 9.17) is 5.11 Å². The maximum Gasteiger partial charge on any atom is 0.277 e. The van der Waals surface area contributed by atoms with E-state index in [-0.39, 0.29) is 11.3 Å². The van der Waals surface area contributed by atoms with E-state index in [0.29, 0.717) is 4.73 Å². The lowest BCUT2D eigenvalue weighted by molar-refractivity contribution is -0.605. The fourth-order valence-corrected chi connectivity index (χ4v) is 1.38. The molecule has 2 N–H and O–H groups in total. The largest absolute Gasteiger partial charge is 0.619 e. The van der Waals surface area contributed by atoms with Gasteiger partial charge in [0, 0.05) is 6.07 Å². The number of benzene rings is 1. The first-order valence-corrected chi connectivity index (χ1v) is 5.46. The molecule has 0 aliphatic carbocycles. The molecule has 0 bridgehead atoms. The third-order valence-electron chi connectivity index (χ3n) is 2.31. The number of nitrogens with zero attached hydrogens (tertiary/aromatic N) is 2. The summed E-state index contributed by atoms with van der Waals surface area (Å²) < 4.78 is 0.540. The molecule has 0 saturated heterocycles. The van der Waals surface area contributed by atoms with Crippen molar-refractivity contribution >= 4 is 12.1 Å². The number of phenolic OH excluding ortho intramolecular Hbond substituents is 1. The molecule has 0 saturated carbocycles. The number of hydrazone groups is 1. The predicted octanol–water partition coefficient (Wildman–Crippen LogP) is 0.789. The quantitative estimate of drug-likeness (QED) is 0.369. The number of pyridine rings is 1. The van der Waals surface area contributed by atoms with Crippen molar-refractivity contribution in [1.82, 2.24) is 5.43 Å². The first-order chi connectivity index (χ1) is 9.15. The first kappa shape index (κ1) is 12.6. The molecule has 2 rings (SSSR count). The normalized spacial score (nSPS) is 10.5. The van der Waals surface area contributed by atoms with Gasteiger partial charge in [-0.25, -0.2) is 5.43 Å². The highest BCUT2D eigenvalue weighted by Gasteiger charge is 2.06. The first-order valence-electron chi connectivity index (χ1n) is 5.46. The monoisotopic (exact) mass is 257 g/mol. The lowest BCUT2D eigenvalue weighted by atomic mass is 10.2. The standard InChI is InChI=1S/C13H11N3O3/c17-12-5-3-10(4-6-12)8-14-15-13(18)11-2-1-7-16(19)9-11/h1-9,17H,(H,15,18)/b14-8-. The van der Waals surface area contributed by atoms with Gasteiger partial charge in [-0.2, -0.15) is 9.83 Å². The highest BCUT2D eigenvalue weighted by atomic mass is 16.5. The molecular formula is C13H11N3O3. The summed E-state index contributed by atoms with van der Waals surface area (Å²) in [6.07, 6.45) is 3.88. The molecular weight excluding hydrogens is 246 g/mol. The number of nitrogens with one attached hydrogen (secondary N) is 1. The van der Waals surface area contributed by atoms with E-state index in [9.17, 15) is 10.0 Å². The van der Waals surface area contributed by atoms with Crippen molar-refractivity contribution < 1.29 is 14.6 Å². The zero-order valence-electron chi connectivity index (χ0n) is 9.85. The number of aromatic hydroxyl groups is 1. The molecule has 0 aliphatic rings. The molecule has 6 heteroatoms. The second kappa shape index (κ2) is 5.63. The smallest absolute Gasteiger partial charge is 0.277 e. The van der Waals surface area contributed by atoms with Crippen LogP contribution in [0.5, 0.6) is 5.75 Å². The number of aromatic nitrogens is 1. The molecule has 1 aromatic heterocycles. The second-order valence-electron chi connectivity index (χ2n) is 3.74. The van der Waals surface area contributed by atoms with Crippen LogP contribution in [0.15, 0.2) is 53.9 Å². The van der Waals surface area contributed by atoms with Gasteiger partial charge in [0.1, 0.15) is 11.3 Å². The Labute approximate surface area is 109 Å². The Hall–Kier alpha value is -2.89. The van der Waals surface area contributed by atoms with Gasteiger partial charge in [-0.05, 0) is 35.9 Å². The van der Waals surface area contributed by atoms with Crippen LogP contribution in [0.2, 0.25) is 0 Å². The van der Waals surface area contributed by atoms with Gasteiger partial charge in [0.05, 0.1) is 6.21 Å². The van der Waals surface area contributed by atoms with Crippen molar-refractivity contribution in [2.24, 2.45) is 5.10 Å². The number of hydrogen-bond donors (Lipinski definition) is 2. The predicted molar refractivity (Wildman–Crippen MR) is 68.6 cm³/mol. The van der Waals surface area contributed by atoms with Crippen LogP contribution in [0.25, 0.3) is 0 Å². The van der Waals surface area contributed by atoms with Crippen LogP contribution in [-0.4, -0.2) is 17.2 Å². The van der Waals surface area contributed by atoms with Crippen LogP contribution < -0.4 is 10.2 Å². The summed E-state index contributed by atoms with van der Waals surface area (Å²) in [5.74, 6) is -0.314. The Morgan fingerprint density at radius 2 is 2.05 bits per heavy atom. The Balaban J connectivity index is 1.98. The molecule has 0 fully saturated rings. The van der Waals surface area contributed by atoms with Crippen LogP contribution >= 0.6 is 0 Å². The maximum atomic E-state index is 11.6. The van der Waals surface area contributed by atoms with E-state index < -0.39 is 5.91 Å². The van der Waals surface area contributed by atoms with Gasteiger partial charge >= 0.3 is 0 Å². The van der Waals surface area contributed by atoms with E-state index in [1.807, 2.05) is 0 Å². The van der Waals surface area contributed by atoms with E-state index in [1.165, 1.54) is 36.7 Å². The van der Waals surface area contributed by atoms with Gasteiger partial charge in [-0.1, -0.05) is 0 Å². The lowest BCUT2D eigenvalue weighted by Crippen LogP contribution is -2.28.